The smallest absolute Gasteiger partial charge is 0.270 e. The van der Waals surface area contributed by atoms with E-state index in [-0.39, 0.29) is 17.0 Å². The monoisotopic (exact) mass is 362 g/mol. The van der Waals surface area contributed by atoms with Crippen LogP contribution in [-0.4, -0.2) is 46.9 Å². The Bertz CT molecular complexity index is 1020. The maximum Gasteiger partial charge on any atom is 0.270 e. The number of benzene rings is 1. The van der Waals surface area contributed by atoms with Crippen LogP contribution < -0.4 is 10.5 Å². The molecule has 1 aromatic carbocycles. The van der Waals surface area contributed by atoms with Crippen LogP contribution in [0.4, 0.5) is 5.69 Å². The summed E-state index contributed by atoms with van der Waals surface area (Å²) in [4.78, 5) is 33.6. The molecule has 138 valence electrons. The van der Waals surface area contributed by atoms with Gasteiger partial charge in [-0.25, -0.2) is 4.98 Å². The summed E-state index contributed by atoms with van der Waals surface area (Å²) in [6.07, 6.45) is 4.05. The van der Waals surface area contributed by atoms with E-state index in [2.05, 4.69) is 22.0 Å². The van der Waals surface area contributed by atoms with E-state index in [1.54, 1.807) is 30.3 Å². The van der Waals surface area contributed by atoms with Gasteiger partial charge in [-0.1, -0.05) is 24.3 Å². The van der Waals surface area contributed by atoms with Crippen molar-refractivity contribution < 1.29 is 4.79 Å². The van der Waals surface area contributed by atoms with Gasteiger partial charge in [0.15, 0.2) is 0 Å². The third kappa shape index (κ3) is 3.43. The van der Waals surface area contributed by atoms with Gasteiger partial charge in [-0.15, -0.1) is 0 Å². The largest absolute Gasteiger partial charge is 0.371 e. The molecule has 1 unspecified atom stereocenters. The molecule has 1 amide bonds. The quantitative estimate of drug-likeness (QED) is 0.715. The molecule has 4 rings (SSSR count). The lowest BCUT2D eigenvalue weighted by atomic mass is 10.1. The number of aromatic nitrogens is 2. The second-order valence-corrected chi connectivity index (χ2v) is 7.03. The molecule has 1 fully saturated rings. The van der Waals surface area contributed by atoms with Crippen LogP contribution in [0, 0.1) is 5.92 Å². The van der Waals surface area contributed by atoms with E-state index in [0.717, 1.165) is 19.5 Å². The standard InChI is InChI=1S/C21H22N4O2/c1-23(14-16-10-12-24(15-16)17-7-3-2-4-8-17)20(26)18-13-22-19-9-5-6-11-25(19)21(18)27/h2-9,11,13,16H,10,12,14-15H2,1H3. The molecule has 1 saturated heterocycles. The Labute approximate surface area is 157 Å². The Balaban J connectivity index is 1.46. The average molecular weight is 362 g/mol. The first kappa shape index (κ1) is 17.3. The molecule has 1 atom stereocenters. The van der Waals surface area contributed by atoms with Gasteiger partial charge in [0.05, 0.1) is 0 Å². The SMILES string of the molecule is CN(CC1CCN(c2ccccc2)C1)C(=O)c1cnc2ccccn2c1=O. The van der Waals surface area contributed by atoms with Crippen LogP contribution in [0.3, 0.4) is 0 Å². The zero-order valence-corrected chi connectivity index (χ0v) is 15.3. The summed E-state index contributed by atoms with van der Waals surface area (Å²) >= 11 is 0. The highest BCUT2D eigenvalue weighted by atomic mass is 16.2. The van der Waals surface area contributed by atoms with E-state index in [0.29, 0.717) is 18.1 Å². The van der Waals surface area contributed by atoms with E-state index in [9.17, 15) is 9.59 Å². The zero-order valence-electron chi connectivity index (χ0n) is 15.3. The van der Waals surface area contributed by atoms with Crippen LogP contribution in [0.2, 0.25) is 0 Å². The van der Waals surface area contributed by atoms with E-state index < -0.39 is 0 Å². The van der Waals surface area contributed by atoms with Crippen molar-refractivity contribution in [3.05, 3.63) is 76.8 Å². The molecule has 0 radical (unpaired) electrons. The van der Waals surface area contributed by atoms with Crippen molar-refractivity contribution in [1.29, 1.82) is 0 Å². The first-order chi connectivity index (χ1) is 13.1. The van der Waals surface area contributed by atoms with Crippen molar-refractivity contribution in [2.45, 2.75) is 6.42 Å². The molecule has 27 heavy (non-hydrogen) atoms. The molecule has 1 aliphatic rings. The van der Waals surface area contributed by atoms with Crippen LogP contribution >= 0.6 is 0 Å². The van der Waals surface area contributed by atoms with Crippen molar-refractivity contribution in [3.63, 3.8) is 0 Å². The van der Waals surface area contributed by atoms with Crippen molar-refractivity contribution in [2.24, 2.45) is 5.92 Å². The fourth-order valence-electron chi connectivity index (χ4n) is 3.70. The van der Waals surface area contributed by atoms with Gasteiger partial charge >= 0.3 is 0 Å². The van der Waals surface area contributed by atoms with Gasteiger partial charge in [-0.2, -0.15) is 0 Å². The Hall–Kier alpha value is -3.15. The molecule has 0 spiro atoms. The van der Waals surface area contributed by atoms with Gasteiger partial charge < -0.3 is 9.80 Å². The van der Waals surface area contributed by atoms with Crippen molar-refractivity contribution in [2.75, 3.05) is 31.6 Å². The van der Waals surface area contributed by atoms with Crippen molar-refractivity contribution in [3.8, 4) is 0 Å². The Kier molecular flexibility index (Phi) is 4.62. The third-order valence-corrected chi connectivity index (χ3v) is 5.13. The minimum absolute atomic E-state index is 0.110. The molecule has 6 nitrogen and oxygen atoms in total. The Morgan fingerprint density at radius 1 is 1.19 bits per heavy atom. The molecule has 6 heteroatoms. The number of fused-ring (bicyclic) bond motifs is 1. The number of nitrogens with zero attached hydrogens (tertiary/aromatic N) is 4. The highest BCUT2D eigenvalue weighted by Gasteiger charge is 2.26. The van der Waals surface area contributed by atoms with E-state index >= 15 is 0 Å². The minimum Gasteiger partial charge on any atom is -0.371 e. The van der Waals surface area contributed by atoms with Gasteiger partial charge in [0.1, 0.15) is 11.2 Å². The molecular weight excluding hydrogens is 340 g/mol. The summed E-state index contributed by atoms with van der Waals surface area (Å²) in [6, 6.07) is 15.6. The molecule has 1 aliphatic heterocycles. The number of rotatable bonds is 4. The summed E-state index contributed by atoms with van der Waals surface area (Å²) in [5.74, 6) is 0.110. The fraction of sp³-hybridized carbons (Fsp3) is 0.286. The number of amides is 1. The maximum atomic E-state index is 12.8. The number of carbonyl (C=O) groups is 1. The number of hydrogen-bond donors (Lipinski definition) is 0. The topological polar surface area (TPSA) is 57.9 Å². The zero-order chi connectivity index (χ0) is 18.8. The highest BCUT2D eigenvalue weighted by molar-refractivity contribution is 5.93. The van der Waals surface area contributed by atoms with Gasteiger partial charge in [0.25, 0.3) is 11.5 Å². The van der Waals surface area contributed by atoms with Gasteiger partial charge in [-0.05, 0) is 36.6 Å². The maximum absolute atomic E-state index is 12.8. The first-order valence-corrected chi connectivity index (χ1v) is 9.15. The molecule has 0 aliphatic carbocycles. The van der Waals surface area contributed by atoms with E-state index in [4.69, 9.17) is 0 Å². The normalized spacial score (nSPS) is 16.6. The Morgan fingerprint density at radius 2 is 1.96 bits per heavy atom. The summed E-state index contributed by atoms with van der Waals surface area (Å²) in [5.41, 5.74) is 1.54. The average Bonchev–Trinajstić information content (AvgIpc) is 3.17. The number of hydrogen-bond acceptors (Lipinski definition) is 4. The van der Waals surface area contributed by atoms with Crippen LogP contribution in [0.1, 0.15) is 16.8 Å². The van der Waals surface area contributed by atoms with Crippen LogP contribution in [-0.2, 0) is 0 Å². The molecule has 3 heterocycles. The predicted molar refractivity (Wildman–Crippen MR) is 105 cm³/mol. The number of anilines is 1. The van der Waals surface area contributed by atoms with Crippen molar-refractivity contribution in [1.82, 2.24) is 14.3 Å². The van der Waals surface area contributed by atoms with Crippen LogP contribution in [0.15, 0.2) is 65.7 Å². The predicted octanol–water partition coefficient (Wildman–Crippen LogP) is 2.29. The minimum atomic E-state index is -0.324. The van der Waals surface area contributed by atoms with Gasteiger partial charge in [0.2, 0.25) is 0 Å². The van der Waals surface area contributed by atoms with Crippen LogP contribution in [0.5, 0.6) is 0 Å². The second kappa shape index (κ2) is 7.23. The number of pyridine rings is 1. The molecule has 3 aromatic rings. The Morgan fingerprint density at radius 3 is 2.78 bits per heavy atom. The van der Waals surface area contributed by atoms with E-state index in [1.165, 1.54) is 16.3 Å². The summed E-state index contributed by atoms with van der Waals surface area (Å²) < 4.78 is 1.41. The van der Waals surface area contributed by atoms with E-state index in [1.807, 2.05) is 24.3 Å². The lowest BCUT2D eigenvalue weighted by molar-refractivity contribution is 0.0774. The lowest BCUT2D eigenvalue weighted by Crippen LogP contribution is -2.37. The number of para-hydroxylation sites is 1. The lowest BCUT2D eigenvalue weighted by Gasteiger charge is -2.22. The summed E-state index contributed by atoms with van der Waals surface area (Å²) in [7, 11) is 1.76. The molecular formula is C21H22N4O2. The molecule has 0 N–H and O–H groups in total. The third-order valence-electron chi connectivity index (χ3n) is 5.13. The van der Waals surface area contributed by atoms with Crippen molar-refractivity contribution >= 4 is 17.2 Å². The fourth-order valence-corrected chi connectivity index (χ4v) is 3.70. The van der Waals surface area contributed by atoms with Gasteiger partial charge in [0, 0.05) is 44.8 Å². The molecule has 0 saturated carbocycles. The molecule has 0 bridgehead atoms. The highest BCUT2D eigenvalue weighted by Crippen LogP contribution is 2.24. The summed E-state index contributed by atoms with van der Waals surface area (Å²) in [6.45, 7) is 2.52. The summed E-state index contributed by atoms with van der Waals surface area (Å²) in [5, 5.41) is 0. The second-order valence-electron chi connectivity index (χ2n) is 7.03. The molecule has 2 aromatic heterocycles. The first-order valence-electron chi connectivity index (χ1n) is 9.15. The number of carbonyl (C=O) groups excluding carboxylic acids is 1. The van der Waals surface area contributed by atoms with Crippen LogP contribution in [0.25, 0.3) is 5.65 Å². The van der Waals surface area contributed by atoms with Gasteiger partial charge in [-0.3, -0.25) is 14.0 Å².